The van der Waals surface area contributed by atoms with Gasteiger partial charge < -0.3 is 9.73 Å². The molecule has 0 bridgehead atoms. The van der Waals surface area contributed by atoms with Gasteiger partial charge in [-0.1, -0.05) is 6.07 Å². The smallest absolute Gasteiger partial charge is 0.292 e. The van der Waals surface area contributed by atoms with Crippen molar-refractivity contribution in [3.8, 4) is 0 Å². The molecule has 0 spiro atoms. The van der Waals surface area contributed by atoms with E-state index >= 15 is 0 Å². The quantitative estimate of drug-likeness (QED) is 0.654. The first kappa shape index (κ1) is 17.9. The van der Waals surface area contributed by atoms with E-state index in [-0.39, 0.29) is 17.5 Å². The van der Waals surface area contributed by atoms with Crippen LogP contribution in [0.1, 0.15) is 40.3 Å². The molecule has 0 unspecified atom stereocenters. The zero-order valence-electron chi connectivity index (χ0n) is 15.3. The second-order valence-electron chi connectivity index (χ2n) is 6.55. The minimum Gasteiger partial charge on any atom is -0.455 e. The Balaban J connectivity index is 1.59. The first-order chi connectivity index (χ1) is 13.6. The highest BCUT2D eigenvalue weighted by Gasteiger charge is 2.28. The SMILES string of the molecule is Cc1c(C(=O)Nc2ccccn2)oc2c1/C(=N/Nc1ccc(F)cc1)CCC2. The van der Waals surface area contributed by atoms with Crippen molar-refractivity contribution < 1.29 is 13.6 Å². The van der Waals surface area contributed by atoms with Gasteiger partial charge in [0, 0.05) is 23.7 Å². The van der Waals surface area contributed by atoms with Crippen LogP contribution in [-0.2, 0) is 6.42 Å². The Morgan fingerprint density at radius 3 is 2.75 bits per heavy atom. The predicted octanol–water partition coefficient (Wildman–Crippen LogP) is 4.53. The third-order valence-corrected chi connectivity index (χ3v) is 4.60. The molecular formula is C21H19FN4O2. The molecule has 4 rings (SSSR count). The summed E-state index contributed by atoms with van der Waals surface area (Å²) in [6.07, 6.45) is 4.01. The topological polar surface area (TPSA) is 79.5 Å². The highest BCUT2D eigenvalue weighted by atomic mass is 19.1. The minimum absolute atomic E-state index is 0.270. The summed E-state index contributed by atoms with van der Waals surface area (Å²) in [5.74, 6) is 0.860. The first-order valence-corrected chi connectivity index (χ1v) is 9.05. The molecule has 0 fully saturated rings. The summed E-state index contributed by atoms with van der Waals surface area (Å²) in [4.78, 5) is 16.7. The van der Waals surface area contributed by atoms with E-state index in [4.69, 9.17) is 4.42 Å². The lowest BCUT2D eigenvalue weighted by atomic mass is 9.93. The number of pyridine rings is 1. The van der Waals surface area contributed by atoms with Crippen molar-refractivity contribution in [2.75, 3.05) is 10.7 Å². The van der Waals surface area contributed by atoms with Gasteiger partial charge in [-0.15, -0.1) is 0 Å². The maximum atomic E-state index is 13.0. The van der Waals surface area contributed by atoms with E-state index in [1.54, 1.807) is 36.5 Å². The number of halogens is 1. The van der Waals surface area contributed by atoms with Gasteiger partial charge in [-0.2, -0.15) is 5.10 Å². The summed E-state index contributed by atoms with van der Waals surface area (Å²) < 4.78 is 18.9. The van der Waals surface area contributed by atoms with Crippen LogP contribution < -0.4 is 10.7 Å². The molecule has 1 aliphatic carbocycles. The van der Waals surface area contributed by atoms with E-state index in [2.05, 4.69) is 20.8 Å². The Bertz CT molecular complexity index is 1030. The van der Waals surface area contributed by atoms with Crippen LogP contribution in [0.4, 0.5) is 15.9 Å². The lowest BCUT2D eigenvalue weighted by molar-refractivity contribution is 0.0993. The fraction of sp³-hybridized carbons (Fsp3) is 0.190. The molecule has 1 aliphatic rings. The van der Waals surface area contributed by atoms with Crippen molar-refractivity contribution >= 4 is 23.1 Å². The molecule has 6 nitrogen and oxygen atoms in total. The Hall–Kier alpha value is -3.48. The van der Waals surface area contributed by atoms with Gasteiger partial charge in [0.15, 0.2) is 5.76 Å². The molecule has 0 saturated heterocycles. The third-order valence-electron chi connectivity index (χ3n) is 4.60. The number of carbonyl (C=O) groups excluding carboxylic acids is 1. The van der Waals surface area contributed by atoms with Crippen molar-refractivity contribution in [2.45, 2.75) is 26.2 Å². The highest BCUT2D eigenvalue weighted by molar-refractivity contribution is 6.09. The molecule has 28 heavy (non-hydrogen) atoms. The van der Waals surface area contributed by atoms with Crippen LogP contribution in [0.3, 0.4) is 0 Å². The number of carbonyl (C=O) groups is 1. The first-order valence-electron chi connectivity index (χ1n) is 9.05. The van der Waals surface area contributed by atoms with E-state index in [0.29, 0.717) is 11.5 Å². The zero-order chi connectivity index (χ0) is 19.5. The number of rotatable bonds is 4. The number of benzene rings is 1. The predicted molar refractivity (Wildman–Crippen MR) is 105 cm³/mol. The van der Waals surface area contributed by atoms with Gasteiger partial charge in [0.1, 0.15) is 17.4 Å². The normalized spacial score (nSPS) is 14.6. The number of hydrogen-bond donors (Lipinski definition) is 2. The van der Waals surface area contributed by atoms with E-state index in [1.807, 2.05) is 6.92 Å². The highest BCUT2D eigenvalue weighted by Crippen LogP contribution is 2.30. The van der Waals surface area contributed by atoms with Crippen molar-refractivity contribution in [1.29, 1.82) is 0 Å². The van der Waals surface area contributed by atoms with Crippen LogP contribution in [0.25, 0.3) is 0 Å². The van der Waals surface area contributed by atoms with Crippen molar-refractivity contribution in [3.05, 3.63) is 77.1 Å². The monoisotopic (exact) mass is 378 g/mol. The molecule has 2 N–H and O–H groups in total. The van der Waals surface area contributed by atoms with Gasteiger partial charge in [0.25, 0.3) is 5.91 Å². The molecule has 0 saturated carbocycles. The third kappa shape index (κ3) is 3.64. The number of anilines is 2. The molecule has 0 atom stereocenters. The fourth-order valence-electron chi connectivity index (χ4n) is 3.26. The van der Waals surface area contributed by atoms with Gasteiger partial charge in [-0.25, -0.2) is 9.37 Å². The van der Waals surface area contributed by atoms with E-state index < -0.39 is 0 Å². The van der Waals surface area contributed by atoms with Crippen LogP contribution in [0.5, 0.6) is 0 Å². The summed E-state index contributed by atoms with van der Waals surface area (Å²) >= 11 is 0. The lowest BCUT2D eigenvalue weighted by Crippen LogP contribution is -2.15. The number of aromatic nitrogens is 1. The summed E-state index contributed by atoms with van der Waals surface area (Å²) in [7, 11) is 0. The van der Waals surface area contributed by atoms with Gasteiger partial charge in [0.05, 0.1) is 11.4 Å². The fourth-order valence-corrected chi connectivity index (χ4v) is 3.26. The maximum absolute atomic E-state index is 13.0. The van der Waals surface area contributed by atoms with Crippen LogP contribution >= 0.6 is 0 Å². The number of aryl methyl sites for hydroxylation is 1. The number of nitrogens with zero attached hydrogens (tertiary/aromatic N) is 2. The second-order valence-corrected chi connectivity index (χ2v) is 6.55. The van der Waals surface area contributed by atoms with Gasteiger partial charge >= 0.3 is 0 Å². The molecule has 2 aromatic heterocycles. The largest absolute Gasteiger partial charge is 0.455 e. The number of hydrazone groups is 1. The molecule has 0 aliphatic heterocycles. The van der Waals surface area contributed by atoms with Crippen LogP contribution in [-0.4, -0.2) is 16.6 Å². The average Bonchev–Trinajstić information content (AvgIpc) is 3.06. The Labute approximate surface area is 161 Å². The number of nitrogens with one attached hydrogen (secondary N) is 2. The summed E-state index contributed by atoms with van der Waals surface area (Å²) in [5.41, 5.74) is 6.09. The number of furan rings is 1. The second kappa shape index (κ2) is 7.64. The summed E-state index contributed by atoms with van der Waals surface area (Å²) in [5, 5.41) is 7.23. The molecule has 3 aromatic rings. The van der Waals surface area contributed by atoms with Crippen molar-refractivity contribution in [3.63, 3.8) is 0 Å². The summed E-state index contributed by atoms with van der Waals surface area (Å²) in [6.45, 7) is 1.86. The standard InChI is InChI=1S/C21H19FN4O2/c1-13-19-16(26-25-15-10-8-14(22)9-11-15)5-4-6-17(19)28-20(13)21(27)24-18-7-2-3-12-23-18/h2-3,7-12,25H,4-6H2,1H3,(H,23,24,27)/b26-16+. The van der Waals surface area contributed by atoms with E-state index in [0.717, 1.165) is 41.9 Å². The number of fused-ring (bicyclic) bond motifs is 1. The van der Waals surface area contributed by atoms with Gasteiger partial charge in [-0.3, -0.25) is 10.2 Å². The van der Waals surface area contributed by atoms with Gasteiger partial charge in [0.2, 0.25) is 0 Å². The van der Waals surface area contributed by atoms with Crippen molar-refractivity contribution in [1.82, 2.24) is 4.98 Å². The Kier molecular flexibility index (Phi) is 4.89. The zero-order valence-corrected chi connectivity index (χ0v) is 15.3. The molecule has 7 heteroatoms. The minimum atomic E-state index is -0.337. The molecule has 1 amide bonds. The molecule has 1 aromatic carbocycles. The van der Waals surface area contributed by atoms with Crippen molar-refractivity contribution in [2.24, 2.45) is 5.10 Å². The Morgan fingerprint density at radius 1 is 1.18 bits per heavy atom. The lowest BCUT2D eigenvalue weighted by Gasteiger charge is -2.13. The van der Waals surface area contributed by atoms with E-state index in [1.165, 1.54) is 12.1 Å². The van der Waals surface area contributed by atoms with Crippen LogP contribution in [0.15, 0.2) is 58.2 Å². The number of amides is 1. The molecule has 142 valence electrons. The molecule has 0 radical (unpaired) electrons. The average molecular weight is 378 g/mol. The maximum Gasteiger partial charge on any atom is 0.292 e. The number of hydrogen-bond acceptors (Lipinski definition) is 5. The van der Waals surface area contributed by atoms with Gasteiger partial charge in [-0.05, 0) is 56.2 Å². The van der Waals surface area contributed by atoms with E-state index in [9.17, 15) is 9.18 Å². The molecular weight excluding hydrogens is 359 g/mol. The summed E-state index contributed by atoms with van der Waals surface area (Å²) in [6, 6.07) is 11.3. The van der Waals surface area contributed by atoms with Crippen LogP contribution in [0, 0.1) is 12.7 Å². The molecule has 2 heterocycles. The van der Waals surface area contributed by atoms with Crippen LogP contribution in [0.2, 0.25) is 0 Å². The Morgan fingerprint density at radius 2 is 2.00 bits per heavy atom.